The predicted molar refractivity (Wildman–Crippen MR) is 156 cm³/mol. The van der Waals surface area contributed by atoms with E-state index in [0.717, 1.165) is 44.4 Å². The summed E-state index contributed by atoms with van der Waals surface area (Å²) in [6.07, 6.45) is 2.21. The number of hydrogen-bond donors (Lipinski definition) is 1. The molecule has 0 spiro atoms. The molecule has 0 aliphatic carbocycles. The van der Waals surface area contributed by atoms with Crippen LogP contribution < -0.4 is 5.32 Å². The van der Waals surface area contributed by atoms with Crippen molar-refractivity contribution in [3.05, 3.63) is 161 Å². The quantitative estimate of drug-likeness (QED) is 0.258. The van der Waals surface area contributed by atoms with Crippen LogP contribution in [-0.4, -0.2) is 5.84 Å². The van der Waals surface area contributed by atoms with Crippen LogP contribution in [0.4, 0.5) is 0 Å². The van der Waals surface area contributed by atoms with Crippen molar-refractivity contribution in [2.45, 2.75) is 6.04 Å². The average molecular weight is 497 g/mol. The van der Waals surface area contributed by atoms with Crippen molar-refractivity contribution in [3.8, 4) is 22.3 Å². The highest BCUT2D eigenvalue weighted by molar-refractivity contribution is 6.30. The Morgan fingerprint density at radius 1 is 0.514 bits per heavy atom. The molecule has 1 unspecified atom stereocenters. The zero-order chi connectivity index (χ0) is 25.0. The summed E-state index contributed by atoms with van der Waals surface area (Å²) in [5, 5.41) is 4.32. The number of amidine groups is 1. The predicted octanol–water partition coefficient (Wildman–Crippen LogP) is 8.81. The second kappa shape index (κ2) is 10.3. The van der Waals surface area contributed by atoms with E-state index in [2.05, 4.69) is 102 Å². The lowest BCUT2D eigenvalue weighted by Gasteiger charge is -2.23. The van der Waals surface area contributed by atoms with Crippen molar-refractivity contribution in [1.29, 1.82) is 0 Å². The molecule has 0 saturated heterocycles. The first kappa shape index (κ1) is 23.0. The maximum absolute atomic E-state index is 6.21. The van der Waals surface area contributed by atoms with Crippen LogP contribution in [0, 0.1) is 0 Å². The molecule has 1 aliphatic rings. The number of nitrogens with one attached hydrogen (secondary N) is 1. The maximum atomic E-state index is 6.21. The van der Waals surface area contributed by atoms with E-state index in [1.165, 1.54) is 11.1 Å². The van der Waals surface area contributed by atoms with Gasteiger partial charge in [0.1, 0.15) is 5.84 Å². The molecule has 1 aliphatic heterocycles. The summed E-state index contributed by atoms with van der Waals surface area (Å²) < 4.78 is 0. The minimum atomic E-state index is -0.103. The Kier molecular flexibility index (Phi) is 6.41. The molecule has 0 bridgehead atoms. The third-order valence-electron chi connectivity index (χ3n) is 6.61. The normalized spacial score (nSPS) is 14.9. The Hall–Kier alpha value is -4.40. The van der Waals surface area contributed by atoms with Crippen LogP contribution in [0.2, 0.25) is 5.02 Å². The van der Waals surface area contributed by atoms with Gasteiger partial charge >= 0.3 is 0 Å². The second-order valence-electron chi connectivity index (χ2n) is 9.07. The van der Waals surface area contributed by atoms with E-state index in [0.29, 0.717) is 0 Å². The monoisotopic (exact) mass is 496 g/mol. The van der Waals surface area contributed by atoms with Crippen LogP contribution in [0.3, 0.4) is 0 Å². The summed E-state index contributed by atoms with van der Waals surface area (Å²) in [5.74, 6) is 0.870. The molecule has 0 amide bonds. The van der Waals surface area contributed by atoms with Gasteiger partial charge in [-0.2, -0.15) is 0 Å². The highest BCUT2D eigenvalue weighted by Gasteiger charge is 2.19. The number of rotatable bonds is 5. The number of halogens is 1. The van der Waals surface area contributed by atoms with Crippen LogP contribution in [0.1, 0.15) is 22.7 Å². The molecule has 5 aromatic rings. The molecule has 178 valence electrons. The van der Waals surface area contributed by atoms with E-state index in [9.17, 15) is 0 Å². The Labute approximate surface area is 222 Å². The van der Waals surface area contributed by atoms with Crippen molar-refractivity contribution >= 4 is 23.1 Å². The molecule has 1 heterocycles. The molecule has 3 heteroatoms. The smallest absolute Gasteiger partial charge is 0.133 e. The first-order valence-electron chi connectivity index (χ1n) is 12.4. The number of hydrogen-bond acceptors (Lipinski definition) is 2. The van der Waals surface area contributed by atoms with E-state index in [-0.39, 0.29) is 6.04 Å². The molecule has 0 fully saturated rings. The summed E-state index contributed by atoms with van der Waals surface area (Å²) in [6.45, 7) is 0. The largest absolute Gasteiger partial charge is 0.340 e. The summed E-state index contributed by atoms with van der Waals surface area (Å²) in [5.41, 5.74) is 9.03. The van der Waals surface area contributed by atoms with Crippen molar-refractivity contribution < 1.29 is 0 Å². The summed E-state index contributed by atoms with van der Waals surface area (Å²) in [4.78, 5) is 5.09. The fraction of sp³-hybridized carbons (Fsp3) is 0.0294. The SMILES string of the molecule is Clc1cccc(-c2ccc(C3C=C(c4ccc(-c5ccccc5)cc4)NC(c4ccccc4)=N3)cc2)c1. The Morgan fingerprint density at radius 2 is 1.05 bits per heavy atom. The molecule has 5 aromatic carbocycles. The van der Waals surface area contributed by atoms with E-state index >= 15 is 0 Å². The van der Waals surface area contributed by atoms with Crippen LogP contribution in [0.5, 0.6) is 0 Å². The molecule has 1 atom stereocenters. The van der Waals surface area contributed by atoms with Crippen LogP contribution >= 0.6 is 11.6 Å². The second-order valence-corrected chi connectivity index (χ2v) is 9.51. The molecule has 0 saturated carbocycles. The Morgan fingerprint density at radius 3 is 1.73 bits per heavy atom. The average Bonchev–Trinajstić information content (AvgIpc) is 2.98. The molecular formula is C34H25ClN2. The minimum Gasteiger partial charge on any atom is -0.340 e. The van der Waals surface area contributed by atoms with Gasteiger partial charge in [-0.1, -0.05) is 133 Å². The summed E-state index contributed by atoms with van der Waals surface area (Å²) in [7, 11) is 0. The third-order valence-corrected chi connectivity index (χ3v) is 6.84. The molecule has 6 rings (SSSR count). The fourth-order valence-corrected chi connectivity index (χ4v) is 4.82. The minimum absolute atomic E-state index is 0.103. The topological polar surface area (TPSA) is 24.4 Å². The highest BCUT2D eigenvalue weighted by atomic mass is 35.5. The fourth-order valence-electron chi connectivity index (χ4n) is 4.63. The molecule has 2 nitrogen and oxygen atoms in total. The lowest BCUT2D eigenvalue weighted by Crippen LogP contribution is -2.27. The van der Waals surface area contributed by atoms with Crippen LogP contribution in [0.25, 0.3) is 28.0 Å². The van der Waals surface area contributed by atoms with Gasteiger partial charge in [0.15, 0.2) is 0 Å². The number of benzene rings is 5. The van der Waals surface area contributed by atoms with Gasteiger partial charge in [0.2, 0.25) is 0 Å². The molecule has 1 N–H and O–H groups in total. The maximum Gasteiger partial charge on any atom is 0.133 e. The first-order valence-corrected chi connectivity index (χ1v) is 12.7. The summed E-state index contributed by atoms with van der Waals surface area (Å²) >= 11 is 6.21. The van der Waals surface area contributed by atoms with E-state index in [1.54, 1.807) is 0 Å². The summed E-state index contributed by atoms with van der Waals surface area (Å²) in [6, 6.07) is 45.9. The Balaban J connectivity index is 1.35. The van der Waals surface area contributed by atoms with Crippen molar-refractivity contribution in [2.75, 3.05) is 0 Å². The zero-order valence-electron chi connectivity index (χ0n) is 20.2. The van der Waals surface area contributed by atoms with Gasteiger partial charge in [0.25, 0.3) is 0 Å². The third kappa shape index (κ3) is 5.11. The lowest BCUT2D eigenvalue weighted by molar-refractivity contribution is 0.880. The highest BCUT2D eigenvalue weighted by Crippen LogP contribution is 2.31. The van der Waals surface area contributed by atoms with Gasteiger partial charge in [-0.3, -0.25) is 4.99 Å². The molecule has 0 radical (unpaired) electrons. The number of aliphatic imine (C=N–C) groups is 1. The Bertz CT molecular complexity index is 1570. The van der Waals surface area contributed by atoms with Gasteiger partial charge < -0.3 is 5.32 Å². The molecular weight excluding hydrogens is 472 g/mol. The number of nitrogens with zero attached hydrogens (tertiary/aromatic N) is 1. The molecule has 0 aromatic heterocycles. The zero-order valence-corrected chi connectivity index (χ0v) is 20.9. The molecule has 37 heavy (non-hydrogen) atoms. The van der Waals surface area contributed by atoms with Crippen LogP contribution in [-0.2, 0) is 0 Å². The lowest BCUT2D eigenvalue weighted by atomic mass is 9.97. The van der Waals surface area contributed by atoms with E-state index in [4.69, 9.17) is 16.6 Å². The van der Waals surface area contributed by atoms with Gasteiger partial charge in [-0.15, -0.1) is 0 Å². The van der Waals surface area contributed by atoms with E-state index < -0.39 is 0 Å². The van der Waals surface area contributed by atoms with Crippen molar-refractivity contribution in [1.82, 2.24) is 5.32 Å². The van der Waals surface area contributed by atoms with Crippen LogP contribution in [0.15, 0.2) is 145 Å². The van der Waals surface area contributed by atoms with Gasteiger partial charge in [-0.25, -0.2) is 0 Å². The van der Waals surface area contributed by atoms with Gasteiger partial charge in [0, 0.05) is 16.3 Å². The standard InChI is InChI=1S/C34H25ClN2/c35-31-13-7-12-30(22-31)26-16-20-28(21-17-26)33-23-32(36-34(37-33)29-10-5-2-6-11-29)27-18-14-25(15-19-27)24-8-3-1-4-9-24/h1-23,33H,(H,36,37). The van der Waals surface area contributed by atoms with Crippen molar-refractivity contribution in [2.24, 2.45) is 4.99 Å². The first-order chi connectivity index (χ1) is 18.2. The van der Waals surface area contributed by atoms with Crippen molar-refractivity contribution in [3.63, 3.8) is 0 Å². The van der Waals surface area contributed by atoms with Gasteiger partial charge in [-0.05, 0) is 51.6 Å². The van der Waals surface area contributed by atoms with E-state index in [1.807, 2.05) is 42.5 Å². The van der Waals surface area contributed by atoms with Gasteiger partial charge in [0.05, 0.1) is 6.04 Å².